The fourth-order valence-electron chi connectivity index (χ4n) is 4.70. The Balaban J connectivity index is 1.56. The molecule has 0 aliphatic carbocycles. The fraction of sp³-hybridized carbons (Fsp3) is 0.417. The molecule has 2 fully saturated rings. The smallest absolute Gasteiger partial charge is 0.123 e. The summed E-state index contributed by atoms with van der Waals surface area (Å²) < 4.78 is 20.1. The van der Waals surface area contributed by atoms with Crippen LogP contribution in [-0.2, 0) is 4.74 Å². The Bertz CT molecular complexity index is 710. The summed E-state index contributed by atoms with van der Waals surface area (Å²) >= 11 is 0. The summed E-state index contributed by atoms with van der Waals surface area (Å²) in [6, 6.07) is 16.4. The first-order valence-corrected chi connectivity index (χ1v) is 9.98. The number of nitrogens with zero attached hydrogens (tertiary/aromatic N) is 1. The third-order valence-corrected chi connectivity index (χ3v) is 6.06. The van der Waals surface area contributed by atoms with Crippen LogP contribution in [0.2, 0.25) is 0 Å². The van der Waals surface area contributed by atoms with Crippen LogP contribution >= 0.6 is 0 Å². The lowest BCUT2D eigenvalue weighted by Crippen LogP contribution is -2.45. The Morgan fingerprint density at radius 2 is 1.59 bits per heavy atom. The molecule has 3 unspecified atom stereocenters. The highest BCUT2D eigenvalue weighted by Crippen LogP contribution is 2.39. The molecule has 2 aliphatic rings. The van der Waals surface area contributed by atoms with Gasteiger partial charge in [-0.2, -0.15) is 0 Å². The lowest BCUT2D eigenvalue weighted by Gasteiger charge is -2.39. The quantitative estimate of drug-likeness (QED) is 0.634. The van der Waals surface area contributed by atoms with Crippen LogP contribution in [0.15, 0.2) is 61.2 Å². The van der Waals surface area contributed by atoms with Gasteiger partial charge in [-0.25, -0.2) is 4.39 Å². The molecule has 0 spiro atoms. The minimum Gasteiger partial charge on any atom is -0.365 e. The minimum absolute atomic E-state index is 0.151. The summed E-state index contributed by atoms with van der Waals surface area (Å²) in [7, 11) is 0. The van der Waals surface area contributed by atoms with Crippen LogP contribution in [-0.4, -0.2) is 29.6 Å². The van der Waals surface area contributed by atoms with Crippen LogP contribution in [0.1, 0.15) is 48.5 Å². The van der Waals surface area contributed by atoms with Gasteiger partial charge in [0.1, 0.15) is 11.9 Å². The summed E-state index contributed by atoms with van der Waals surface area (Å²) in [5.41, 5.74) is 3.38. The lowest BCUT2D eigenvalue weighted by atomic mass is 9.96. The summed E-state index contributed by atoms with van der Waals surface area (Å²) in [5, 5.41) is 0. The number of ether oxygens (including phenoxy) is 1. The number of piperidine rings is 1. The van der Waals surface area contributed by atoms with E-state index in [9.17, 15) is 4.39 Å². The second kappa shape index (κ2) is 7.95. The second-order valence-electron chi connectivity index (χ2n) is 7.94. The van der Waals surface area contributed by atoms with E-state index in [0.29, 0.717) is 12.1 Å². The van der Waals surface area contributed by atoms with Crippen molar-refractivity contribution in [2.75, 3.05) is 6.54 Å². The average Bonchev–Trinajstić information content (AvgIpc) is 2.90. The van der Waals surface area contributed by atoms with Crippen molar-refractivity contribution in [3.63, 3.8) is 0 Å². The molecular formula is C24H28FNO. The monoisotopic (exact) mass is 365 g/mol. The molecule has 0 saturated carbocycles. The highest BCUT2D eigenvalue weighted by Gasteiger charge is 2.41. The van der Waals surface area contributed by atoms with Gasteiger partial charge in [0.25, 0.3) is 0 Å². The van der Waals surface area contributed by atoms with E-state index >= 15 is 0 Å². The Hall–Kier alpha value is -1.97. The summed E-state index contributed by atoms with van der Waals surface area (Å²) in [4.78, 5) is 2.59. The van der Waals surface area contributed by atoms with Gasteiger partial charge in [0, 0.05) is 18.6 Å². The first-order valence-electron chi connectivity index (χ1n) is 9.98. The van der Waals surface area contributed by atoms with Gasteiger partial charge in [-0.05, 0) is 55.9 Å². The van der Waals surface area contributed by atoms with Crippen LogP contribution in [0.3, 0.4) is 0 Å². The molecule has 2 aromatic rings. The number of hydrogen-bond acceptors (Lipinski definition) is 2. The van der Waals surface area contributed by atoms with Crippen LogP contribution in [0.5, 0.6) is 0 Å². The van der Waals surface area contributed by atoms with Gasteiger partial charge in [0.2, 0.25) is 0 Å². The number of benzene rings is 2. The van der Waals surface area contributed by atoms with Crippen molar-refractivity contribution < 1.29 is 9.13 Å². The second-order valence-corrected chi connectivity index (χ2v) is 7.94. The molecule has 2 heterocycles. The van der Waals surface area contributed by atoms with Crippen molar-refractivity contribution in [3.05, 3.63) is 83.7 Å². The normalized spacial score (nSPS) is 26.1. The van der Waals surface area contributed by atoms with Crippen LogP contribution in [0, 0.1) is 12.7 Å². The number of fused-ring (bicyclic) bond motifs is 2. The predicted molar refractivity (Wildman–Crippen MR) is 107 cm³/mol. The lowest BCUT2D eigenvalue weighted by molar-refractivity contribution is -0.0457. The maximum atomic E-state index is 13.4. The molecule has 0 amide bonds. The topological polar surface area (TPSA) is 12.5 Å². The van der Waals surface area contributed by atoms with Crippen molar-refractivity contribution >= 4 is 0 Å². The highest BCUT2D eigenvalue weighted by molar-refractivity contribution is 5.32. The van der Waals surface area contributed by atoms with E-state index < -0.39 is 0 Å². The molecule has 2 bridgehead atoms. The third-order valence-electron chi connectivity index (χ3n) is 6.06. The molecule has 0 radical (unpaired) electrons. The largest absolute Gasteiger partial charge is 0.365 e. The molecule has 0 N–H and O–H groups in total. The summed E-state index contributed by atoms with van der Waals surface area (Å²) in [6.07, 6.45) is 6.73. The summed E-state index contributed by atoms with van der Waals surface area (Å²) in [6.45, 7) is 6.97. The molecule has 142 valence electrons. The van der Waals surface area contributed by atoms with E-state index in [0.717, 1.165) is 30.5 Å². The van der Waals surface area contributed by atoms with Crippen molar-refractivity contribution in [1.82, 2.24) is 4.90 Å². The average molecular weight is 365 g/mol. The Kier molecular flexibility index (Phi) is 5.42. The van der Waals surface area contributed by atoms with Gasteiger partial charge in [0.05, 0.1) is 6.10 Å². The molecule has 3 atom stereocenters. The maximum absolute atomic E-state index is 13.4. The van der Waals surface area contributed by atoms with Gasteiger partial charge in [-0.3, -0.25) is 4.90 Å². The number of hydrogen-bond donors (Lipinski definition) is 0. The van der Waals surface area contributed by atoms with E-state index in [1.165, 1.54) is 30.5 Å². The fourth-order valence-corrected chi connectivity index (χ4v) is 4.70. The molecular weight excluding hydrogens is 337 g/mol. The predicted octanol–water partition coefficient (Wildman–Crippen LogP) is 5.42. The molecule has 3 heteroatoms. The molecule has 2 nitrogen and oxygen atoms in total. The molecule has 2 aromatic carbocycles. The number of rotatable bonds is 6. The van der Waals surface area contributed by atoms with Gasteiger partial charge >= 0.3 is 0 Å². The standard InChI is InChI=1S/C24H28FNO/c1-3-14-26-21-12-13-22(26)16-23(15-21)27-24(18-6-4-17(2)5-7-18)19-8-10-20(25)11-9-19/h3-11,21-24H,1,12-16H2,2H3. The molecule has 2 saturated heterocycles. The van der Waals surface area contributed by atoms with Crippen LogP contribution < -0.4 is 0 Å². The van der Waals surface area contributed by atoms with Crippen molar-refractivity contribution in [1.29, 1.82) is 0 Å². The van der Waals surface area contributed by atoms with Crippen molar-refractivity contribution in [2.24, 2.45) is 0 Å². The number of halogens is 1. The van der Waals surface area contributed by atoms with E-state index in [1.54, 1.807) is 0 Å². The minimum atomic E-state index is -0.211. The molecule has 2 aliphatic heterocycles. The molecule has 27 heavy (non-hydrogen) atoms. The first kappa shape index (κ1) is 18.4. The third kappa shape index (κ3) is 3.99. The van der Waals surface area contributed by atoms with Crippen molar-refractivity contribution in [3.8, 4) is 0 Å². The Morgan fingerprint density at radius 1 is 1.04 bits per heavy atom. The molecule has 0 aromatic heterocycles. The number of aryl methyl sites for hydroxylation is 1. The van der Waals surface area contributed by atoms with Gasteiger partial charge in [0.15, 0.2) is 0 Å². The van der Waals surface area contributed by atoms with Gasteiger partial charge < -0.3 is 4.74 Å². The van der Waals surface area contributed by atoms with E-state index in [1.807, 2.05) is 18.2 Å². The van der Waals surface area contributed by atoms with Crippen LogP contribution in [0.4, 0.5) is 4.39 Å². The Labute approximate surface area is 161 Å². The summed E-state index contributed by atoms with van der Waals surface area (Å²) in [5.74, 6) is -0.211. The van der Waals surface area contributed by atoms with E-state index in [2.05, 4.69) is 42.7 Å². The SMILES string of the molecule is C=CCN1C2CCC1CC(OC(c1ccc(C)cc1)c1ccc(F)cc1)C2. The zero-order valence-electron chi connectivity index (χ0n) is 16.0. The van der Waals surface area contributed by atoms with Gasteiger partial charge in [-0.15, -0.1) is 6.58 Å². The van der Waals surface area contributed by atoms with E-state index in [4.69, 9.17) is 4.74 Å². The molecule has 4 rings (SSSR count). The highest BCUT2D eigenvalue weighted by atomic mass is 19.1. The van der Waals surface area contributed by atoms with Crippen molar-refractivity contribution in [2.45, 2.75) is 56.9 Å². The van der Waals surface area contributed by atoms with Crippen LogP contribution in [0.25, 0.3) is 0 Å². The zero-order valence-corrected chi connectivity index (χ0v) is 16.0. The zero-order chi connectivity index (χ0) is 18.8. The Morgan fingerprint density at radius 3 is 2.15 bits per heavy atom. The van der Waals surface area contributed by atoms with Gasteiger partial charge in [-0.1, -0.05) is 48.0 Å². The maximum Gasteiger partial charge on any atom is 0.123 e. The van der Waals surface area contributed by atoms with E-state index in [-0.39, 0.29) is 18.0 Å². The first-order chi connectivity index (χ1) is 13.1.